The monoisotopic (exact) mass is 116 g/mol. The van der Waals surface area contributed by atoms with Crippen LogP contribution in [-0.4, -0.2) is 6.04 Å². The molecule has 1 nitrogen and oxygen atoms in total. The SMILES string of the molecule is CC[C@@H](C)C[C@H](C)[NH3+]. The van der Waals surface area contributed by atoms with Crippen molar-refractivity contribution in [1.82, 2.24) is 0 Å². The maximum Gasteiger partial charge on any atom is 0.0817 e. The third-order valence-corrected chi connectivity index (χ3v) is 1.50. The Morgan fingerprint density at radius 3 is 2.00 bits per heavy atom. The molecule has 0 unspecified atom stereocenters. The van der Waals surface area contributed by atoms with Gasteiger partial charge in [0.05, 0.1) is 6.04 Å². The van der Waals surface area contributed by atoms with Crippen molar-refractivity contribution in [1.29, 1.82) is 0 Å². The van der Waals surface area contributed by atoms with Crippen molar-refractivity contribution in [2.45, 2.75) is 39.7 Å². The van der Waals surface area contributed by atoms with E-state index in [1.54, 1.807) is 0 Å². The summed E-state index contributed by atoms with van der Waals surface area (Å²) in [5, 5.41) is 0. The van der Waals surface area contributed by atoms with Crippen LogP contribution in [0.3, 0.4) is 0 Å². The molecule has 0 aliphatic heterocycles. The Hall–Kier alpha value is -0.0400. The zero-order chi connectivity index (χ0) is 6.57. The van der Waals surface area contributed by atoms with Gasteiger partial charge in [0, 0.05) is 6.42 Å². The molecule has 0 saturated carbocycles. The fraction of sp³-hybridized carbons (Fsp3) is 1.00. The van der Waals surface area contributed by atoms with Gasteiger partial charge in [-0.25, -0.2) is 0 Å². The molecule has 1 heteroatoms. The maximum absolute atomic E-state index is 3.93. The lowest BCUT2D eigenvalue weighted by molar-refractivity contribution is -0.417. The van der Waals surface area contributed by atoms with Crippen LogP contribution in [-0.2, 0) is 0 Å². The van der Waals surface area contributed by atoms with E-state index < -0.39 is 0 Å². The van der Waals surface area contributed by atoms with Gasteiger partial charge in [-0.05, 0) is 12.8 Å². The van der Waals surface area contributed by atoms with E-state index in [1.165, 1.54) is 12.8 Å². The van der Waals surface area contributed by atoms with Crippen molar-refractivity contribution in [2.24, 2.45) is 5.92 Å². The van der Waals surface area contributed by atoms with Crippen molar-refractivity contribution >= 4 is 0 Å². The standard InChI is InChI=1S/C7H17N/c1-4-6(2)5-7(3)8/h6-7H,4-5,8H2,1-3H3/p+1/t6-,7+/m1/s1. The molecule has 2 atom stereocenters. The quantitative estimate of drug-likeness (QED) is 0.571. The van der Waals surface area contributed by atoms with Crippen LogP contribution in [0.5, 0.6) is 0 Å². The number of rotatable bonds is 3. The molecule has 0 aromatic carbocycles. The zero-order valence-corrected chi connectivity index (χ0v) is 6.28. The van der Waals surface area contributed by atoms with Gasteiger partial charge in [0.1, 0.15) is 0 Å². The minimum absolute atomic E-state index is 0.630. The van der Waals surface area contributed by atoms with Gasteiger partial charge in [-0.2, -0.15) is 0 Å². The van der Waals surface area contributed by atoms with E-state index in [1.807, 2.05) is 0 Å². The molecule has 0 aliphatic carbocycles. The molecule has 0 aliphatic rings. The predicted molar refractivity (Wildman–Crippen MR) is 36.4 cm³/mol. The van der Waals surface area contributed by atoms with Crippen LogP contribution in [0.2, 0.25) is 0 Å². The minimum atomic E-state index is 0.630. The molecule has 50 valence electrons. The largest absolute Gasteiger partial charge is 0.355 e. The van der Waals surface area contributed by atoms with Gasteiger partial charge in [0.25, 0.3) is 0 Å². The summed E-state index contributed by atoms with van der Waals surface area (Å²) in [4.78, 5) is 0. The summed E-state index contributed by atoms with van der Waals surface area (Å²) in [7, 11) is 0. The van der Waals surface area contributed by atoms with Crippen LogP contribution >= 0.6 is 0 Å². The van der Waals surface area contributed by atoms with E-state index in [2.05, 4.69) is 26.5 Å². The molecular formula is C7H18N+. The molecule has 0 heterocycles. The first kappa shape index (κ1) is 7.96. The Bertz CT molecular complexity index is 50.3. The molecule has 0 aromatic rings. The highest BCUT2D eigenvalue weighted by atomic mass is 14.6. The molecule has 3 N–H and O–H groups in total. The molecule has 0 saturated heterocycles. The Balaban J connectivity index is 3.10. The Labute approximate surface area is 52.3 Å². The summed E-state index contributed by atoms with van der Waals surface area (Å²) in [6.07, 6.45) is 2.57. The van der Waals surface area contributed by atoms with Gasteiger partial charge in [-0.15, -0.1) is 0 Å². The van der Waals surface area contributed by atoms with E-state index in [-0.39, 0.29) is 0 Å². The lowest BCUT2D eigenvalue weighted by Gasteiger charge is -2.07. The zero-order valence-electron chi connectivity index (χ0n) is 6.28. The van der Waals surface area contributed by atoms with E-state index in [9.17, 15) is 0 Å². The van der Waals surface area contributed by atoms with Gasteiger partial charge in [-0.1, -0.05) is 20.3 Å². The molecule has 0 rings (SSSR count). The fourth-order valence-corrected chi connectivity index (χ4v) is 0.854. The number of quaternary nitrogens is 1. The second-order valence-corrected chi connectivity index (χ2v) is 2.85. The van der Waals surface area contributed by atoms with Crippen LogP contribution in [0.4, 0.5) is 0 Å². The summed E-state index contributed by atoms with van der Waals surface area (Å²) in [6, 6.07) is 0.630. The second kappa shape index (κ2) is 3.90. The highest BCUT2D eigenvalue weighted by molar-refractivity contribution is 4.52. The van der Waals surface area contributed by atoms with Crippen molar-refractivity contribution in [3.05, 3.63) is 0 Å². The number of hydrogen-bond donors (Lipinski definition) is 1. The van der Waals surface area contributed by atoms with Crippen molar-refractivity contribution in [2.75, 3.05) is 0 Å². The molecule has 0 radical (unpaired) electrons. The highest BCUT2D eigenvalue weighted by Gasteiger charge is 2.03. The smallest absolute Gasteiger partial charge is 0.0817 e. The Morgan fingerprint density at radius 2 is 1.88 bits per heavy atom. The molecule has 0 amide bonds. The highest BCUT2D eigenvalue weighted by Crippen LogP contribution is 2.06. The maximum atomic E-state index is 3.93. The van der Waals surface area contributed by atoms with E-state index in [0.717, 1.165) is 5.92 Å². The van der Waals surface area contributed by atoms with Gasteiger partial charge in [0.2, 0.25) is 0 Å². The van der Waals surface area contributed by atoms with Crippen molar-refractivity contribution < 1.29 is 5.73 Å². The van der Waals surface area contributed by atoms with E-state index >= 15 is 0 Å². The summed E-state index contributed by atoms with van der Waals surface area (Å²) >= 11 is 0. The number of hydrogen-bond acceptors (Lipinski definition) is 0. The van der Waals surface area contributed by atoms with E-state index in [4.69, 9.17) is 0 Å². The molecule has 0 bridgehead atoms. The second-order valence-electron chi connectivity index (χ2n) is 2.85. The molecule has 0 fully saturated rings. The normalized spacial score (nSPS) is 18.0. The van der Waals surface area contributed by atoms with Crippen LogP contribution in [0.25, 0.3) is 0 Å². The van der Waals surface area contributed by atoms with Crippen molar-refractivity contribution in [3.8, 4) is 0 Å². The first-order chi connectivity index (χ1) is 3.66. The lowest BCUT2D eigenvalue weighted by Crippen LogP contribution is -2.59. The average molecular weight is 116 g/mol. The van der Waals surface area contributed by atoms with E-state index in [0.29, 0.717) is 6.04 Å². The van der Waals surface area contributed by atoms with Crippen molar-refractivity contribution in [3.63, 3.8) is 0 Å². The van der Waals surface area contributed by atoms with Crippen LogP contribution < -0.4 is 5.73 Å². The van der Waals surface area contributed by atoms with Gasteiger partial charge in [0.15, 0.2) is 0 Å². The minimum Gasteiger partial charge on any atom is -0.355 e. The third-order valence-electron chi connectivity index (χ3n) is 1.50. The summed E-state index contributed by atoms with van der Waals surface area (Å²) < 4.78 is 0. The summed E-state index contributed by atoms with van der Waals surface area (Å²) in [5.74, 6) is 0.863. The molecular weight excluding hydrogens is 98.1 g/mol. The summed E-state index contributed by atoms with van der Waals surface area (Å²) in [6.45, 7) is 6.68. The topological polar surface area (TPSA) is 27.6 Å². The fourth-order valence-electron chi connectivity index (χ4n) is 0.854. The van der Waals surface area contributed by atoms with Gasteiger partial charge in [-0.3, -0.25) is 0 Å². The average Bonchev–Trinajstić information content (AvgIpc) is 1.65. The molecule has 8 heavy (non-hydrogen) atoms. The summed E-state index contributed by atoms with van der Waals surface area (Å²) in [5.41, 5.74) is 3.93. The molecule has 0 spiro atoms. The molecule has 0 aromatic heterocycles. The first-order valence-electron chi connectivity index (χ1n) is 3.49. The Kier molecular flexibility index (Phi) is 3.88. The first-order valence-corrected chi connectivity index (χ1v) is 3.49. The van der Waals surface area contributed by atoms with Crippen LogP contribution in [0.15, 0.2) is 0 Å². The van der Waals surface area contributed by atoms with Gasteiger partial charge >= 0.3 is 0 Å². The third kappa shape index (κ3) is 4.13. The van der Waals surface area contributed by atoms with Gasteiger partial charge < -0.3 is 5.73 Å². The van der Waals surface area contributed by atoms with Crippen LogP contribution in [0.1, 0.15) is 33.6 Å². The Morgan fingerprint density at radius 1 is 1.38 bits per heavy atom. The predicted octanol–water partition coefficient (Wildman–Crippen LogP) is 1.05. The lowest BCUT2D eigenvalue weighted by atomic mass is 10.0. The van der Waals surface area contributed by atoms with Crippen LogP contribution in [0, 0.1) is 5.92 Å².